The predicted molar refractivity (Wildman–Crippen MR) is 39.4 cm³/mol. The van der Waals surface area contributed by atoms with Crippen molar-refractivity contribution >= 4 is 10.9 Å². The van der Waals surface area contributed by atoms with Crippen molar-refractivity contribution in [3.8, 4) is 0 Å². The van der Waals surface area contributed by atoms with Crippen LogP contribution in [0.3, 0.4) is 0 Å². The molecule has 0 aromatic heterocycles. The number of methoxy groups -OCH3 is 1. The van der Waals surface area contributed by atoms with Gasteiger partial charge in [0.25, 0.3) is 0 Å². The minimum atomic E-state index is -2.42. The standard InChI is InChI=1S/C5H13NO3S/c1-3-6(10(7)8)4-5-9-2/h10H,3-5H2,1-2H3. The van der Waals surface area contributed by atoms with Gasteiger partial charge in [-0.25, -0.2) is 12.7 Å². The molecule has 0 aromatic carbocycles. The first-order valence-electron chi connectivity index (χ1n) is 3.10. The number of hydrogen-bond acceptors (Lipinski definition) is 3. The zero-order chi connectivity index (χ0) is 7.98. The molecule has 0 aliphatic carbocycles. The molecule has 0 aromatic rings. The molecule has 0 radical (unpaired) electrons. The molecule has 0 rings (SSSR count). The van der Waals surface area contributed by atoms with Crippen LogP contribution in [0, 0.1) is 0 Å². The Hall–Kier alpha value is -0.130. The second kappa shape index (κ2) is 5.64. The van der Waals surface area contributed by atoms with Crippen molar-refractivity contribution < 1.29 is 13.2 Å². The molecule has 4 nitrogen and oxygen atoms in total. The normalized spacial score (nSPS) is 11.2. The molecule has 10 heavy (non-hydrogen) atoms. The molecule has 0 fully saturated rings. The smallest absolute Gasteiger partial charge is 0.203 e. The molecule has 0 aliphatic heterocycles. The molecular weight excluding hydrogens is 154 g/mol. The molecule has 0 N–H and O–H groups in total. The Balaban J connectivity index is 3.61. The Morgan fingerprint density at radius 1 is 1.50 bits per heavy atom. The molecule has 0 spiro atoms. The van der Waals surface area contributed by atoms with Crippen LogP contribution < -0.4 is 0 Å². The van der Waals surface area contributed by atoms with Gasteiger partial charge in [0, 0.05) is 20.2 Å². The largest absolute Gasteiger partial charge is 0.383 e. The Labute approximate surface area is 62.9 Å². The van der Waals surface area contributed by atoms with Crippen molar-refractivity contribution in [1.82, 2.24) is 4.31 Å². The Kier molecular flexibility index (Phi) is 5.57. The lowest BCUT2D eigenvalue weighted by molar-refractivity contribution is 0.181. The van der Waals surface area contributed by atoms with E-state index in [-0.39, 0.29) is 0 Å². The number of ether oxygens (including phenoxy) is 1. The molecule has 5 heteroatoms. The van der Waals surface area contributed by atoms with E-state index in [1.165, 1.54) is 4.31 Å². The molecule has 0 amide bonds. The minimum Gasteiger partial charge on any atom is -0.383 e. The summed E-state index contributed by atoms with van der Waals surface area (Å²) in [6.07, 6.45) is 0. The van der Waals surface area contributed by atoms with Crippen LogP contribution in [0.4, 0.5) is 0 Å². The zero-order valence-corrected chi connectivity index (χ0v) is 7.13. The van der Waals surface area contributed by atoms with Crippen LogP contribution in [0.25, 0.3) is 0 Å². The van der Waals surface area contributed by atoms with Crippen LogP contribution in [0.15, 0.2) is 0 Å². The van der Waals surface area contributed by atoms with E-state index in [0.717, 1.165) is 0 Å². The number of nitrogens with zero attached hydrogens (tertiary/aromatic N) is 1. The quantitative estimate of drug-likeness (QED) is 0.560. The van der Waals surface area contributed by atoms with Gasteiger partial charge in [0.1, 0.15) is 0 Å². The fourth-order valence-electron chi connectivity index (χ4n) is 0.552. The molecule has 0 saturated heterocycles. The van der Waals surface area contributed by atoms with Gasteiger partial charge in [0.15, 0.2) is 0 Å². The summed E-state index contributed by atoms with van der Waals surface area (Å²) in [7, 11) is -0.875. The highest BCUT2D eigenvalue weighted by Crippen LogP contribution is 1.85. The van der Waals surface area contributed by atoms with Gasteiger partial charge in [0.05, 0.1) is 6.61 Å². The summed E-state index contributed by atoms with van der Waals surface area (Å²) in [5, 5.41) is 0. The second-order valence-corrected chi connectivity index (χ2v) is 2.82. The van der Waals surface area contributed by atoms with E-state index >= 15 is 0 Å². The van der Waals surface area contributed by atoms with Crippen LogP contribution in [0.2, 0.25) is 0 Å². The van der Waals surface area contributed by atoms with E-state index in [2.05, 4.69) is 0 Å². The monoisotopic (exact) mass is 167 g/mol. The van der Waals surface area contributed by atoms with Gasteiger partial charge < -0.3 is 4.74 Å². The number of hydrogen-bond donors (Lipinski definition) is 1. The van der Waals surface area contributed by atoms with Crippen LogP contribution in [0.5, 0.6) is 0 Å². The lowest BCUT2D eigenvalue weighted by Crippen LogP contribution is -2.25. The third kappa shape index (κ3) is 3.81. The highest BCUT2D eigenvalue weighted by atomic mass is 32.2. The van der Waals surface area contributed by atoms with Crippen molar-refractivity contribution in [2.45, 2.75) is 6.92 Å². The number of thiol groups is 1. The van der Waals surface area contributed by atoms with E-state index in [9.17, 15) is 8.42 Å². The van der Waals surface area contributed by atoms with Crippen molar-refractivity contribution in [3.63, 3.8) is 0 Å². The lowest BCUT2D eigenvalue weighted by Gasteiger charge is -2.10. The van der Waals surface area contributed by atoms with E-state index in [4.69, 9.17) is 4.74 Å². The van der Waals surface area contributed by atoms with E-state index in [1.807, 2.05) is 0 Å². The van der Waals surface area contributed by atoms with Crippen molar-refractivity contribution in [2.75, 3.05) is 26.8 Å². The molecule has 0 unspecified atom stereocenters. The van der Waals surface area contributed by atoms with Gasteiger partial charge in [-0.05, 0) is 0 Å². The van der Waals surface area contributed by atoms with Gasteiger partial charge >= 0.3 is 0 Å². The van der Waals surface area contributed by atoms with E-state index in [0.29, 0.717) is 19.7 Å². The summed E-state index contributed by atoms with van der Waals surface area (Å²) < 4.78 is 26.7. The van der Waals surface area contributed by atoms with Gasteiger partial charge in [0.2, 0.25) is 10.9 Å². The van der Waals surface area contributed by atoms with Crippen molar-refractivity contribution in [1.29, 1.82) is 0 Å². The molecule has 62 valence electrons. The molecular formula is C5H13NO3S. The highest BCUT2D eigenvalue weighted by molar-refractivity contribution is 7.69. The lowest BCUT2D eigenvalue weighted by atomic mass is 10.6. The molecule has 0 heterocycles. The molecule has 0 saturated carbocycles. The molecule has 0 bridgehead atoms. The maximum absolute atomic E-state index is 10.3. The molecule has 0 atom stereocenters. The average Bonchev–Trinajstić information content (AvgIpc) is 1.89. The fourth-order valence-corrected chi connectivity index (χ4v) is 1.03. The van der Waals surface area contributed by atoms with Crippen LogP contribution in [-0.2, 0) is 15.6 Å². The first kappa shape index (κ1) is 9.87. The third-order valence-electron chi connectivity index (χ3n) is 1.15. The SMILES string of the molecule is CCN(CCOC)[SH](=O)=O. The topological polar surface area (TPSA) is 46.6 Å². The van der Waals surface area contributed by atoms with Crippen LogP contribution in [-0.4, -0.2) is 39.5 Å². The number of rotatable bonds is 5. The predicted octanol–water partition coefficient (Wildman–Crippen LogP) is -0.519. The second-order valence-electron chi connectivity index (χ2n) is 1.78. The first-order chi connectivity index (χ1) is 4.72. The summed E-state index contributed by atoms with van der Waals surface area (Å²) >= 11 is 0. The Morgan fingerprint density at radius 3 is 2.40 bits per heavy atom. The summed E-state index contributed by atoms with van der Waals surface area (Å²) in [6, 6.07) is 0. The van der Waals surface area contributed by atoms with Gasteiger partial charge in [-0.15, -0.1) is 0 Å². The Morgan fingerprint density at radius 2 is 2.10 bits per heavy atom. The maximum Gasteiger partial charge on any atom is 0.203 e. The first-order valence-corrected chi connectivity index (χ1v) is 4.23. The van der Waals surface area contributed by atoms with Crippen molar-refractivity contribution in [2.24, 2.45) is 0 Å². The van der Waals surface area contributed by atoms with Crippen molar-refractivity contribution in [3.05, 3.63) is 0 Å². The summed E-state index contributed by atoms with van der Waals surface area (Å²) in [6.45, 7) is 3.21. The summed E-state index contributed by atoms with van der Waals surface area (Å²) in [4.78, 5) is 0. The highest BCUT2D eigenvalue weighted by Gasteiger charge is 2.01. The van der Waals surface area contributed by atoms with Crippen LogP contribution >= 0.6 is 0 Å². The minimum absolute atomic E-state index is 0.450. The number of likely N-dealkylation sites (N-methyl/N-ethyl adjacent to an activating group) is 1. The van der Waals surface area contributed by atoms with E-state index in [1.54, 1.807) is 14.0 Å². The average molecular weight is 167 g/mol. The maximum atomic E-state index is 10.3. The summed E-state index contributed by atoms with van der Waals surface area (Å²) in [5.41, 5.74) is 0. The Bertz CT molecular complexity index is 138. The fraction of sp³-hybridized carbons (Fsp3) is 1.00. The van der Waals surface area contributed by atoms with Gasteiger partial charge in [-0.3, -0.25) is 0 Å². The third-order valence-corrected chi connectivity index (χ3v) is 2.09. The zero-order valence-electron chi connectivity index (χ0n) is 6.24. The van der Waals surface area contributed by atoms with Gasteiger partial charge in [-0.1, -0.05) is 6.92 Å². The van der Waals surface area contributed by atoms with Gasteiger partial charge in [-0.2, -0.15) is 0 Å². The van der Waals surface area contributed by atoms with E-state index < -0.39 is 10.9 Å². The summed E-state index contributed by atoms with van der Waals surface area (Å²) in [5.74, 6) is 0. The molecule has 0 aliphatic rings. The van der Waals surface area contributed by atoms with Crippen LogP contribution in [0.1, 0.15) is 6.92 Å².